The van der Waals surface area contributed by atoms with Crippen molar-refractivity contribution < 1.29 is 18.7 Å². The highest BCUT2D eigenvalue weighted by molar-refractivity contribution is 6.32. The number of aryl methyl sites for hydroxylation is 2. The van der Waals surface area contributed by atoms with E-state index in [-0.39, 0.29) is 24.1 Å². The number of hydrogen-bond acceptors (Lipinski definition) is 5. The summed E-state index contributed by atoms with van der Waals surface area (Å²) in [5.41, 5.74) is 2.99. The number of halogens is 2. The van der Waals surface area contributed by atoms with Crippen LogP contribution in [0.15, 0.2) is 16.9 Å². The van der Waals surface area contributed by atoms with Gasteiger partial charge >= 0.3 is 0 Å². The normalized spacial score (nSPS) is 24.3. The summed E-state index contributed by atoms with van der Waals surface area (Å²) < 4.78 is 25.8. The van der Waals surface area contributed by atoms with Gasteiger partial charge in [-0.15, -0.1) is 0 Å². The van der Waals surface area contributed by atoms with E-state index in [1.807, 2.05) is 26.8 Å². The van der Waals surface area contributed by atoms with Gasteiger partial charge in [-0.25, -0.2) is 4.39 Å². The van der Waals surface area contributed by atoms with Gasteiger partial charge in [0.15, 0.2) is 11.5 Å². The number of ether oxygens (including phenoxy) is 2. The first kappa shape index (κ1) is 26.0. The number of rotatable bonds is 5. The zero-order valence-corrected chi connectivity index (χ0v) is 22.4. The summed E-state index contributed by atoms with van der Waals surface area (Å²) in [4.78, 5) is 30.6. The van der Waals surface area contributed by atoms with E-state index in [1.54, 1.807) is 6.07 Å². The van der Waals surface area contributed by atoms with Gasteiger partial charge < -0.3 is 19.8 Å². The smallest absolute Gasteiger partial charge is 0.253 e. The maximum absolute atomic E-state index is 13.3. The minimum Gasteiger partial charge on any atom is -0.488 e. The highest BCUT2D eigenvalue weighted by Crippen LogP contribution is 2.44. The quantitative estimate of drug-likeness (QED) is 0.588. The van der Waals surface area contributed by atoms with Crippen LogP contribution < -0.4 is 20.3 Å². The number of fused-ring (bicyclic) bond motifs is 1. The van der Waals surface area contributed by atoms with Crippen molar-refractivity contribution in [2.45, 2.75) is 77.7 Å². The van der Waals surface area contributed by atoms with E-state index in [4.69, 9.17) is 21.1 Å². The first-order valence-electron chi connectivity index (χ1n) is 13.2. The minimum absolute atomic E-state index is 0.0330. The van der Waals surface area contributed by atoms with Crippen molar-refractivity contribution in [3.05, 3.63) is 55.5 Å². The Labute approximate surface area is 221 Å². The Balaban J connectivity index is 1.30. The molecule has 0 bridgehead atoms. The van der Waals surface area contributed by atoms with Gasteiger partial charge in [0.25, 0.3) is 11.5 Å². The van der Waals surface area contributed by atoms with E-state index in [1.165, 1.54) is 0 Å². The fourth-order valence-corrected chi connectivity index (χ4v) is 6.24. The molecule has 1 saturated carbocycles. The molecule has 5 rings (SSSR count). The maximum Gasteiger partial charge on any atom is 0.253 e. The molecule has 3 heterocycles. The van der Waals surface area contributed by atoms with Gasteiger partial charge in [-0.1, -0.05) is 11.6 Å². The molecule has 1 amide bonds. The molecule has 1 aliphatic carbocycles. The summed E-state index contributed by atoms with van der Waals surface area (Å²) in [6, 6.07) is 3.96. The van der Waals surface area contributed by atoms with Gasteiger partial charge in [0.1, 0.15) is 12.3 Å². The number of aromatic amines is 1. The number of nitrogens with zero attached hydrogens (tertiary/aromatic N) is 1. The predicted octanol–water partition coefficient (Wildman–Crippen LogP) is 4.63. The number of aromatic nitrogens is 1. The Kier molecular flexibility index (Phi) is 7.50. The molecule has 37 heavy (non-hydrogen) atoms. The summed E-state index contributed by atoms with van der Waals surface area (Å²) in [7, 11) is 0. The van der Waals surface area contributed by atoms with Crippen LogP contribution in [-0.4, -0.2) is 53.8 Å². The van der Waals surface area contributed by atoms with E-state index in [0.29, 0.717) is 64.9 Å². The van der Waals surface area contributed by atoms with Crippen molar-refractivity contribution in [1.82, 2.24) is 15.2 Å². The molecule has 1 aromatic heterocycles. The van der Waals surface area contributed by atoms with Gasteiger partial charge in [0.2, 0.25) is 0 Å². The molecule has 9 heteroatoms. The maximum atomic E-state index is 13.3. The number of likely N-dealkylation sites (tertiary alicyclic amines) is 1. The van der Waals surface area contributed by atoms with Crippen LogP contribution in [0.25, 0.3) is 0 Å². The number of hydrogen-bond donors (Lipinski definition) is 2. The molecule has 2 aliphatic heterocycles. The molecule has 3 aliphatic rings. The minimum atomic E-state index is -0.669. The van der Waals surface area contributed by atoms with Crippen LogP contribution in [0.4, 0.5) is 4.39 Å². The van der Waals surface area contributed by atoms with Crippen molar-refractivity contribution in [1.29, 1.82) is 0 Å². The van der Waals surface area contributed by atoms with Gasteiger partial charge in [-0.05, 0) is 70.1 Å². The van der Waals surface area contributed by atoms with E-state index >= 15 is 0 Å². The first-order valence-corrected chi connectivity index (χ1v) is 13.6. The first-order chi connectivity index (χ1) is 17.7. The zero-order chi connectivity index (χ0) is 26.3. The number of carbonyl (C=O) groups is 1. The second-order valence-corrected chi connectivity index (χ2v) is 11.1. The Bertz CT molecular complexity index is 1230. The van der Waals surface area contributed by atoms with Crippen molar-refractivity contribution in [2.75, 3.05) is 19.7 Å². The van der Waals surface area contributed by atoms with Gasteiger partial charge in [-0.2, -0.15) is 0 Å². The molecule has 2 aromatic rings. The molecule has 0 radical (unpaired) electrons. The average molecular weight is 532 g/mol. The third-order valence-corrected chi connectivity index (χ3v) is 8.45. The van der Waals surface area contributed by atoms with Crippen molar-refractivity contribution in [3.8, 4) is 11.5 Å². The Morgan fingerprint density at radius 3 is 2.54 bits per heavy atom. The molecule has 1 aromatic carbocycles. The molecule has 1 saturated heterocycles. The third-order valence-electron chi connectivity index (χ3n) is 8.17. The molecule has 7 nitrogen and oxygen atoms in total. The number of amides is 1. The van der Waals surface area contributed by atoms with E-state index in [2.05, 4.69) is 15.2 Å². The number of nitrogens with one attached hydrogen (secondary N) is 2. The highest BCUT2D eigenvalue weighted by atomic mass is 35.5. The third kappa shape index (κ3) is 5.36. The van der Waals surface area contributed by atoms with E-state index in [0.717, 1.165) is 43.4 Å². The van der Waals surface area contributed by atoms with Crippen LogP contribution >= 0.6 is 11.6 Å². The molecule has 2 fully saturated rings. The molecule has 0 spiro atoms. The van der Waals surface area contributed by atoms with Crippen LogP contribution in [0, 0.1) is 26.7 Å². The van der Waals surface area contributed by atoms with Gasteiger partial charge in [-0.3, -0.25) is 14.5 Å². The standard InChI is InChI=1S/C28H35ClFN3O4/c1-15-10-16(2)32-28(35)22(15)12-31-27(34)21-11-23(29)26-25(17(21)3)37-24(8-9-36-26)18-4-6-20(7-5-18)33-13-19(30)14-33/h10-11,18-20,24H,4-9,12-14H2,1-3H3,(H,31,34)(H,32,35). The Hall–Kier alpha value is -2.58. The fourth-order valence-electron chi connectivity index (χ4n) is 5.99. The van der Waals surface area contributed by atoms with Crippen LogP contribution in [0.3, 0.4) is 0 Å². The van der Waals surface area contributed by atoms with Crippen LogP contribution in [0.5, 0.6) is 11.5 Å². The lowest BCUT2D eigenvalue weighted by molar-refractivity contribution is -0.00318. The molecular formula is C28H35ClFN3O4. The number of alkyl halides is 1. The Morgan fingerprint density at radius 2 is 1.86 bits per heavy atom. The summed E-state index contributed by atoms with van der Waals surface area (Å²) in [5.74, 6) is 1.05. The molecular weight excluding hydrogens is 497 g/mol. The number of benzene rings is 1. The number of H-pyrrole nitrogens is 1. The summed E-state index contributed by atoms with van der Waals surface area (Å²) in [6.45, 7) is 7.26. The van der Waals surface area contributed by atoms with Crippen LogP contribution in [0.1, 0.15) is 64.8 Å². The molecule has 200 valence electrons. The highest BCUT2D eigenvalue weighted by Gasteiger charge is 2.38. The number of carbonyl (C=O) groups excluding carboxylic acids is 1. The molecule has 1 atom stereocenters. The lowest BCUT2D eigenvalue weighted by Crippen LogP contribution is -2.54. The van der Waals surface area contributed by atoms with Crippen LogP contribution in [0.2, 0.25) is 5.02 Å². The van der Waals surface area contributed by atoms with Gasteiger partial charge in [0, 0.05) is 54.5 Å². The summed E-state index contributed by atoms with van der Waals surface area (Å²) in [6.07, 6.45) is 4.18. The van der Waals surface area contributed by atoms with Crippen molar-refractivity contribution in [2.24, 2.45) is 5.92 Å². The number of pyridine rings is 1. The van der Waals surface area contributed by atoms with E-state index < -0.39 is 6.17 Å². The fraction of sp³-hybridized carbons (Fsp3) is 0.571. The predicted molar refractivity (Wildman–Crippen MR) is 141 cm³/mol. The largest absolute Gasteiger partial charge is 0.488 e. The Morgan fingerprint density at radius 1 is 1.14 bits per heavy atom. The second kappa shape index (κ2) is 10.7. The second-order valence-electron chi connectivity index (χ2n) is 10.7. The summed E-state index contributed by atoms with van der Waals surface area (Å²) >= 11 is 6.57. The van der Waals surface area contributed by atoms with E-state index in [9.17, 15) is 14.0 Å². The lowest BCUT2D eigenvalue weighted by Gasteiger charge is -2.44. The molecule has 2 N–H and O–H groups in total. The SMILES string of the molecule is Cc1cc(C)c(CNC(=O)c2cc(Cl)c3c(c2C)OC(C2CCC(N4CC(F)C4)CC2)CCO3)c(=O)[nH]1. The molecule has 1 unspecified atom stereocenters. The van der Waals surface area contributed by atoms with Gasteiger partial charge in [0.05, 0.1) is 11.6 Å². The van der Waals surface area contributed by atoms with Crippen molar-refractivity contribution in [3.63, 3.8) is 0 Å². The summed E-state index contributed by atoms with van der Waals surface area (Å²) in [5, 5.41) is 3.20. The zero-order valence-electron chi connectivity index (χ0n) is 21.7. The van der Waals surface area contributed by atoms with Crippen molar-refractivity contribution >= 4 is 17.5 Å². The monoisotopic (exact) mass is 531 g/mol. The topological polar surface area (TPSA) is 83.7 Å². The lowest BCUT2D eigenvalue weighted by atomic mass is 9.80. The average Bonchev–Trinajstić information content (AvgIpc) is 3.07. The van der Waals surface area contributed by atoms with Crippen LogP contribution in [-0.2, 0) is 6.54 Å².